The van der Waals surface area contributed by atoms with Gasteiger partial charge in [0.25, 0.3) is 0 Å². The fourth-order valence-corrected chi connectivity index (χ4v) is 8.71. The lowest BCUT2D eigenvalue weighted by Gasteiger charge is -2.56. The molecule has 0 radical (unpaired) electrons. The van der Waals surface area contributed by atoms with Crippen molar-refractivity contribution in [3.05, 3.63) is 44.3 Å². The Bertz CT molecular complexity index is 1050. The van der Waals surface area contributed by atoms with E-state index in [1.807, 2.05) is 24.4 Å². The molecule has 8 heteroatoms. The lowest BCUT2D eigenvalue weighted by atomic mass is 9.53. The number of esters is 1. The number of allylic oxidation sites excluding steroid dienone is 2. The van der Waals surface area contributed by atoms with Crippen molar-refractivity contribution in [1.82, 2.24) is 10.6 Å². The fourth-order valence-electron chi connectivity index (χ4n) is 6.98. The third kappa shape index (κ3) is 4.40. The van der Waals surface area contributed by atoms with Gasteiger partial charge in [-0.05, 0) is 81.6 Å². The molecule has 1 aromatic rings. The number of hydrogen-bond acceptors (Lipinski definition) is 7. The third-order valence-corrected chi connectivity index (χ3v) is 9.72. The minimum atomic E-state index is -0.487. The Morgan fingerprint density at radius 1 is 1.26 bits per heavy atom. The van der Waals surface area contributed by atoms with Crippen molar-refractivity contribution in [2.45, 2.75) is 63.8 Å². The zero-order valence-corrected chi connectivity index (χ0v) is 21.3. The molecular formula is C26H31N3O3S2. The summed E-state index contributed by atoms with van der Waals surface area (Å²) in [6.07, 6.45) is 7.36. The average Bonchev–Trinajstić information content (AvgIpc) is 3.30. The van der Waals surface area contributed by atoms with E-state index in [-0.39, 0.29) is 23.8 Å². The number of hydrogen-bond donors (Lipinski definition) is 2. The van der Waals surface area contributed by atoms with Gasteiger partial charge in [0.1, 0.15) is 0 Å². The van der Waals surface area contributed by atoms with Crippen molar-refractivity contribution in [2.75, 3.05) is 12.4 Å². The maximum absolute atomic E-state index is 13.1. The molecule has 6 nitrogen and oxygen atoms in total. The van der Waals surface area contributed by atoms with Crippen LogP contribution in [0.2, 0.25) is 0 Å². The van der Waals surface area contributed by atoms with Crippen molar-refractivity contribution < 1.29 is 14.3 Å². The van der Waals surface area contributed by atoms with Gasteiger partial charge in [-0.3, -0.25) is 4.79 Å². The molecule has 0 unspecified atom stereocenters. The number of nitrogens with one attached hydrogen (secondary N) is 2. The fraction of sp³-hybridized carbons (Fsp3) is 0.577. The van der Waals surface area contributed by atoms with Crippen molar-refractivity contribution in [3.8, 4) is 6.07 Å². The van der Waals surface area contributed by atoms with Crippen molar-refractivity contribution in [2.24, 2.45) is 17.8 Å². The number of nitrogens with zero attached hydrogens (tertiary/aromatic N) is 1. The number of dihydropyridines is 1. The summed E-state index contributed by atoms with van der Waals surface area (Å²) in [5.74, 6) is 1.69. The van der Waals surface area contributed by atoms with Crippen LogP contribution in [0, 0.1) is 29.1 Å². The highest BCUT2D eigenvalue weighted by Crippen LogP contribution is 2.55. The minimum Gasteiger partial charge on any atom is -0.463 e. The summed E-state index contributed by atoms with van der Waals surface area (Å²) >= 11 is 2.86. The van der Waals surface area contributed by atoms with Gasteiger partial charge in [0.05, 0.1) is 40.5 Å². The van der Waals surface area contributed by atoms with E-state index in [2.05, 4.69) is 16.7 Å². The van der Waals surface area contributed by atoms with Crippen LogP contribution in [0.25, 0.3) is 0 Å². The first-order valence-corrected chi connectivity index (χ1v) is 14.0. The number of carbonyl (C=O) groups is 2. The molecule has 4 fully saturated rings. The highest BCUT2D eigenvalue weighted by atomic mass is 32.2. The molecule has 1 atom stereocenters. The molecule has 4 saturated carbocycles. The first-order chi connectivity index (χ1) is 16.4. The van der Waals surface area contributed by atoms with Crippen molar-refractivity contribution >= 4 is 35.0 Å². The van der Waals surface area contributed by atoms with Crippen LogP contribution >= 0.6 is 23.1 Å². The van der Waals surface area contributed by atoms with E-state index >= 15 is 0 Å². The zero-order chi connectivity index (χ0) is 23.9. The van der Waals surface area contributed by atoms with Crippen LogP contribution in [0.5, 0.6) is 0 Å². The van der Waals surface area contributed by atoms with Crippen LogP contribution in [0.1, 0.15) is 63.2 Å². The number of ether oxygens (including phenoxy) is 1. The van der Waals surface area contributed by atoms with E-state index in [0.717, 1.165) is 41.9 Å². The summed E-state index contributed by atoms with van der Waals surface area (Å²) < 4.78 is 5.31. The highest BCUT2D eigenvalue weighted by Gasteiger charge is 2.51. The van der Waals surface area contributed by atoms with Gasteiger partial charge in [-0.15, -0.1) is 11.3 Å². The molecule has 34 heavy (non-hydrogen) atoms. The van der Waals surface area contributed by atoms with Crippen LogP contribution < -0.4 is 10.6 Å². The van der Waals surface area contributed by atoms with Gasteiger partial charge in [0, 0.05) is 16.1 Å². The molecule has 2 N–H and O–H groups in total. The first-order valence-electron chi connectivity index (χ1n) is 12.2. The Morgan fingerprint density at radius 2 is 1.94 bits per heavy atom. The molecule has 0 aromatic carbocycles. The summed E-state index contributed by atoms with van der Waals surface area (Å²) in [7, 11) is 0. The van der Waals surface area contributed by atoms with E-state index in [0.29, 0.717) is 21.9 Å². The monoisotopic (exact) mass is 497 g/mol. The van der Waals surface area contributed by atoms with Gasteiger partial charge in [0.2, 0.25) is 5.91 Å². The number of carbonyl (C=O) groups excluding carboxylic acids is 2. The van der Waals surface area contributed by atoms with E-state index in [9.17, 15) is 14.9 Å². The van der Waals surface area contributed by atoms with Crippen LogP contribution in [0.3, 0.4) is 0 Å². The molecule has 4 aliphatic carbocycles. The number of nitriles is 1. The Morgan fingerprint density at radius 3 is 2.50 bits per heavy atom. The molecule has 1 amide bonds. The molecule has 1 aliphatic heterocycles. The van der Waals surface area contributed by atoms with Crippen LogP contribution in [-0.2, 0) is 14.3 Å². The summed E-state index contributed by atoms with van der Waals surface area (Å²) in [6.45, 7) is 3.87. The second-order valence-electron chi connectivity index (χ2n) is 10.2. The molecule has 0 saturated heterocycles. The lowest BCUT2D eigenvalue weighted by Crippen LogP contribution is -2.60. The SMILES string of the molecule is CCOC(=O)C1=C(C)NC(SCC(=O)NC23CC4CC(CC(C4)C2)C3)=C(C#N)[C@@H]1c1cccs1. The van der Waals surface area contributed by atoms with Crippen LogP contribution in [-0.4, -0.2) is 29.8 Å². The standard InChI is InChI=1S/C26H31N3O3S2/c1-3-32-25(31)22-15(2)28-24(19(13-27)23(22)20-5-4-6-33-20)34-14-21(30)29-26-10-16-7-17(11-26)9-18(8-16)12-26/h4-6,16-18,23,28H,3,7-12,14H2,1-2H3,(H,29,30)/t16?,17?,18?,23-,26?/m1/s1. The number of rotatable bonds is 7. The smallest absolute Gasteiger partial charge is 0.336 e. The van der Waals surface area contributed by atoms with Crippen LogP contribution in [0.4, 0.5) is 0 Å². The Hall–Kier alpha value is -2.24. The minimum absolute atomic E-state index is 0.0226. The van der Waals surface area contributed by atoms with Gasteiger partial charge < -0.3 is 15.4 Å². The molecule has 2 heterocycles. The quantitative estimate of drug-likeness (QED) is 0.525. The summed E-state index contributed by atoms with van der Waals surface area (Å²) in [5, 5.41) is 19.3. The van der Waals surface area contributed by atoms with Gasteiger partial charge in [-0.25, -0.2) is 4.79 Å². The predicted octanol–water partition coefficient (Wildman–Crippen LogP) is 4.83. The van der Waals surface area contributed by atoms with Gasteiger partial charge in [0.15, 0.2) is 0 Å². The summed E-state index contributed by atoms with van der Waals surface area (Å²) in [4.78, 5) is 26.8. The molecular weight excluding hydrogens is 466 g/mol. The van der Waals surface area contributed by atoms with E-state index in [1.54, 1.807) is 6.92 Å². The lowest BCUT2D eigenvalue weighted by molar-refractivity contribution is -0.138. The second kappa shape index (κ2) is 9.43. The Kier molecular flexibility index (Phi) is 6.51. The molecule has 1 aromatic heterocycles. The van der Waals surface area contributed by atoms with Crippen LogP contribution in [0.15, 0.2) is 39.4 Å². The number of thiophene rings is 1. The van der Waals surface area contributed by atoms with Gasteiger partial charge in [-0.1, -0.05) is 17.8 Å². The average molecular weight is 498 g/mol. The normalized spacial score (nSPS) is 31.8. The maximum atomic E-state index is 13.1. The van der Waals surface area contributed by atoms with Crippen molar-refractivity contribution in [1.29, 1.82) is 5.26 Å². The number of thioether (sulfide) groups is 1. The van der Waals surface area contributed by atoms with E-state index < -0.39 is 11.9 Å². The third-order valence-electron chi connectivity index (χ3n) is 7.76. The van der Waals surface area contributed by atoms with Crippen molar-refractivity contribution in [3.63, 3.8) is 0 Å². The maximum Gasteiger partial charge on any atom is 0.336 e. The topological polar surface area (TPSA) is 91.2 Å². The summed E-state index contributed by atoms with van der Waals surface area (Å²) in [6, 6.07) is 6.17. The zero-order valence-electron chi connectivity index (χ0n) is 19.7. The molecule has 5 aliphatic rings. The Balaban J connectivity index is 1.33. The molecule has 0 spiro atoms. The largest absolute Gasteiger partial charge is 0.463 e. The Labute approximate surface area is 209 Å². The number of amides is 1. The highest BCUT2D eigenvalue weighted by molar-refractivity contribution is 8.03. The van der Waals surface area contributed by atoms with E-state index in [1.165, 1.54) is 42.4 Å². The second-order valence-corrected chi connectivity index (χ2v) is 12.2. The molecule has 6 rings (SSSR count). The van der Waals surface area contributed by atoms with Gasteiger partial charge in [-0.2, -0.15) is 5.26 Å². The summed E-state index contributed by atoms with van der Waals surface area (Å²) in [5.41, 5.74) is 1.57. The van der Waals surface area contributed by atoms with Gasteiger partial charge >= 0.3 is 5.97 Å². The molecule has 180 valence electrons. The molecule has 4 bridgehead atoms. The predicted molar refractivity (Wildman–Crippen MR) is 134 cm³/mol. The first kappa shape index (κ1) is 23.5. The van der Waals surface area contributed by atoms with E-state index in [4.69, 9.17) is 4.74 Å².